The molecule has 0 atom stereocenters. The Kier molecular flexibility index (Phi) is 3.69. The fourth-order valence-corrected chi connectivity index (χ4v) is 1.59. The second-order valence-corrected chi connectivity index (χ2v) is 3.79. The number of fused-ring (bicyclic) bond motifs is 1. The van der Waals surface area contributed by atoms with E-state index < -0.39 is 0 Å². The molecule has 2 rings (SSSR count). The standard InChI is InChI=1S/C12H14N4O2/c1-13-11(17)8-14-7-9-6-12(18)16-5-3-2-4-10(16)15-9/h2-6,14H,7-8H2,1H3,(H,13,17). The summed E-state index contributed by atoms with van der Waals surface area (Å²) in [5.41, 5.74) is 1.09. The van der Waals surface area contributed by atoms with E-state index in [4.69, 9.17) is 0 Å². The van der Waals surface area contributed by atoms with Crippen molar-refractivity contribution >= 4 is 11.6 Å². The number of nitrogens with one attached hydrogen (secondary N) is 2. The first kappa shape index (κ1) is 12.3. The van der Waals surface area contributed by atoms with Crippen molar-refractivity contribution in [3.05, 3.63) is 46.5 Å². The van der Waals surface area contributed by atoms with Gasteiger partial charge in [-0.25, -0.2) is 4.98 Å². The number of aromatic nitrogens is 2. The summed E-state index contributed by atoms with van der Waals surface area (Å²) >= 11 is 0. The molecule has 0 aliphatic carbocycles. The summed E-state index contributed by atoms with van der Waals surface area (Å²) in [5, 5.41) is 5.43. The van der Waals surface area contributed by atoms with E-state index in [1.165, 1.54) is 10.5 Å². The fourth-order valence-electron chi connectivity index (χ4n) is 1.59. The van der Waals surface area contributed by atoms with Gasteiger partial charge in [-0.1, -0.05) is 6.07 Å². The molecular weight excluding hydrogens is 232 g/mol. The molecule has 0 bridgehead atoms. The maximum absolute atomic E-state index is 11.8. The fraction of sp³-hybridized carbons (Fsp3) is 0.250. The quantitative estimate of drug-likeness (QED) is 0.764. The van der Waals surface area contributed by atoms with Crippen LogP contribution >= 0.6 is 0 Å². The van der Waals surface area contributed by atoms with Gasteiger partial charge in [0.15, 0.2) is 0 Å². The number of rotatable bonds is 4. The van der Waals surface area contributed by atoms with E-state index in [-0.39, 0.29) is 18.0 Å². The largest absolute Gasteiger partial charge is 0.358 e. The molecule has 18 heavy (non-hydrogen) atoms. The molecule has 2 aromatic rings. The van der Waals surface area contributed by atoms with Crippen molar-refractivity contribution in [2.75, 3.05) is 13.6 Å². The molecule has 2 heterocycles. The minimum absolute atomic E-state index is 0.104. The predicted molar refractivity (Wildman–Crippen MR) is 67.2 cm³/mol. The molecule has 0 spiro atoms. The highest BCUT2D eigenvalue weighted by Crippen LogP contribution is 1.98. The Morgan fingerprint density at radius 2 is 2.28 bits per heavy atom. The first-order valence-corrected chi connectivity index (χ1v) is 5.59. The lowest BCUT2D eigenvalue weighted by molar-refractivity contribution is -0.119. The van der Waals surface area contributed by atoms with Gasteiger partial charge in [0.25, 0.3) is 5.56 Å². The summed E-state index contributed by atoms with van der Waals surface area (Å²) in [6, 6.07) is 6.83. The normalized spacial score (nSPS) is 10.5. The first-order chi connectivity index (χ1) is 8.70. The molecule has 6 heteroatoms. The summed E-state index contributed by atoms with van der Waals surface area (Å²) in [7, 11) is 1.57. The van der Waals surface area contributed by atoms with E-state index in [1.54, 1.807) is 25.4 Å². The van der Waals surface area contributed by atoms with Crippen LogP contribution in [0.25, 0.3) is 5.65 Å². The number of carbonyl (C=O) groups excluding carboxylic acids is 1. The Morgan fingerprint density at radius 1 is 1.44 bits per heavy atom. The van der Waals surface area contributed by atoms with E-state index in [0.29, 0.717) is 17.9 Å². The van der Waals surface area contributed by atoms with Gasteiger partial charge in [-0.2, -0.15) is 0 Å². The number of amides is 1. The van der Waals surface area contributed by atoms with Crippen LogP contribution in [0.5, 0.6) is 0 Å². The van der Waals surface area contributed by atoms with Gasteiger partial charge in [-0.05, 0) is 12.1 Å². The lowest BCUT2D eigenvalue weighted by Gasteiger charge is -2.05. The molecule has 0 aliphatic heterocycles. The van der Waals surface area contributed by atoms with Crippen LogP contribution in [0.3, 0.4) is 0 Å². The van der Waals surface area contributed by atoms with Gasteiger partial charge in [-0.15, -0.1) is 0 Å². The highest BCUT2D eigenvalue weighted by molar-refractivity contribution is 5.77. The van der Waals surface area contributed by atoms with Crippen molar-refractivity contribution in [2.45, 2.75) is 6.54 Å². The minimum Gasteiger partial charge on any atom is -0.358 e. The second-order valence-electron chi connectivity index (χ2n) is 3.79. The zero-order valence-corrected chi connectivity index (χ0v) is 10.0. The molecule has 94 valence electrons. The van der Waals surface area contributed by atoms with Crippen molar-refractivity contribution < 1.29 is 4.79 Å². The number of hydrogen-bond acceptors (Lipinski definition) is 4. The Hall–Kier alpha value is -2.21. The molecule has 2 aromatic heterocycles. The number of pyridine rings is 1. The lowest BCUT2D eigenvalue weighted by atomic mass is 10.3. The maximum Gasteiger partial charge on any atom is 0.258 e. The van der Waals surface area contributed by atoms with Crippen molar-refractivity contribution in [3.63, 3.8) is 0 Å². The Morgan fingerprint density at radius 3 is 3.06 bits per heavy atom. The van der Waals surface area contributed by atoms with Crippen LogP contribution in [0.4, 0.5) is 0 Å². The monoisotopic (exact) mass is 246 g/mol. The van der Waals surface area contributed by atoms with E-state index in [0.717, 1.165) is 0 Å². The van der Waals surface area contributed by atoms with E-state index in [1.807, 2.05) is 6.07 Å². The average Bonchev–Trinajstić information content (AvgIpc) is 2.38. The third-order valence-electron chi connectivity index (χ3n) is 2.49. The van der Waals surface area contributed by atoms with E-state index in [9.17, 15) is 9.59 Å². The molecule has 6 nitrogen and oxygen atoms in total. The van der Waals surface area contributed by atoms with E-state index in [2.05, 4.69) is 15.6 Å². The second kappa shape index (κ2) is 5.42. The Bertz CT molecular complexity index is 621. The topological polar surface area (TPSA) is 75.5 Å². The number of carbonyl (C=O) groups is 1. The SMILES string of the molecule is CNC(=O)CNCc1cc(=O)n2ccccc2n1. The lowest BCUT2D eigenvalue weighted by Crippen LogP contribution is -2.31. The van der Waals surface area contributed by atoms with Gasteiger partial charge >= 0.3 is 0 Å². The molecule has 0 aromatic carbocycles. The van der Waals surface area contributed by atoms with Crippen molar-refractivity contribution in [1.82, 2.24) is 20.0 Å². The molecule has 0 fully saturated rings. The molecule has 1 amide bonds. The maximum atomic E-state index is 11.8. The zero-order chi connectivity index (χ0) is 13.0. The number of likely N-dealkylation sites (N-methyl/N-ethyl adjacent to an activating group) is 1. The predicted octanol–water partition coefficient (Wildman–Crippen LogP) is -0.470. The summed E-state index contributed by atoms with van der Waals surface area (Å²) in [4.78, 5) is 27.1. The highest BCUT2D eigenvalue weighted by atomic mass is 16.1. The van der Waals surface area contributed by atoms with Crippen molar-refractivity contribution in [3.8, 4) is 0 Å². The third kappa shape index (κ3) is 2.72. The van der Waals surface area contributed by atoms with Crippen LogP contribution in [0.2, 0.25) is 0 Å². The molecule has 2 N–H and O–H groups in total. The first-order valence-electron chi connectivity index (χ1n) is 5.59. The number of hydrogen-bond donors (Lipinski definition) is 2. The van der Waals surface area contributed by atoms with Crippen LogP contribution in [-0.4, -0.2) is 28.9 Å². The Balaban J connectivity index is 2.15. The van der Waals surface area contributed by atoms with E-state index >= 15 is 0 Å². The van der Waals surface area contributed by atoms with Crippen molar-refractivity contribution in [2.24, 2.45) is 0 Å². The molecule has 0 radical (unpaired) electrons. The van der Waals surface area contributed by atoms with Gasteiger partial charge in [0.05, 0.1) is 12.2 Å². The van der Waals surface area contributed by atoms with Crippen LogP contribution < -0.4 is 16.2 Å². The summed E-state index contributed by atoms with van der Waals surface area (Å²) in [6.45, 7) is 0.584. The summed E-state index contributed by atoms with van der Waals surface area (Å²) in [5.74, 6) is -0.104. The smallest absolute Gasteiger partial charge is 0.258 e. The molecule has 0 aliphatic rings. The average molecular weight is 246 g/mol. The molecule has 0 unspecified atom stereocenters. The van der Waals surface area contributed by atoms with Crippen molar-refractivity contribution in [1.29, 1.82) is 0 Å². The third-order valence-corrected chi connectivity index (χ3v) is 2.49. The van der Waals surface area contributed by atoms with Gasteiger partial charge < -0.3 is 10.6 Å². The van der Waals surface area contributed by atoms with Crippen LogP contribution in [0.15, 0.2) is 35.3 Å². The molecular formula is C12H14N4O2. The Labute approximate surface area is 104 Å². The van der Waals surface area contributed by atoms with Gasteiger partial charge in [0.1, 0.15) is 5.65 Å². The zero-order valence-electron chi connectivity index (χ0n) is 10.0. The summed E-state index contributed by atoms with van der Waals surface area (Å²) in [6.07, 6.45) is 1.67. The van der Waals surface area contributed by atoms with Gasteiger partial charge in [0.2, 0.25) is 5.91 Å². The van der Waals surface area contributed by atoms with Gasteiger partial charge in [-0.3, -0.25) is 14.0 Å². The summed E-state index contributed by atoms with van der Waals surface area (Å²) < 4.78 is 1.47. The van der Waals surface area contributed by atoms with Crippen LogP contribution in [-0.2, 0) is 11.3 Å². The number of nitrogens with zero attached hydrogens (tertiary/aromatic N) is 2. The minimum atomic E-state index is -0.127. The van der Waals surface area contributed by atoms with Crippen LogP contribution in [0.1, 0.15) is 5.69 Å². The van der Waals surface area contributed by atoms with Crippen LogP contribution in [0, 0.1) is 0 Å². The molecule has 0 saturated carbocycles. The highest BCUT2D eigenvalue weighted by Gasteiger charge is 2.02. The van der Waals surface area contributed by atoms with Gasteiger partial charge in [0, 0.05) is 25.9 Å². The molecule has 0 saturated heterocycles.